The van der Waals surface area contributed by atoms with Crippen LogP contribution < -0.4 is 10.1 Å². The minimum Gasteiger partial charge on any atom is -0.490 e. The lowest BCUT2D eigenvalue weighted by atomic mass is 9.68. The van der Waals surface area contributed by atoms with Crippen LogP contribution in [0, 0.1) is 5.41 Å². The van der Waals surface area contributed by atoms with Crippen molar-refractivity contribution >= 4 is 15.9 Å². The summed E-state index contributed by atoms with van der Waals surface area (Å²) in [6.45, 7) is 0.985. The zero-order valence-electron chi connectivity index (χ0n) is 14.8. The van der Waals surface area contributed by atoms with Crippen LogP contribution >= 0.6 is 0 Å². The highest BCUT2D eigenvalue weighted by Crippen LogP contribution is 2.42. The molecule has 2 heterocycles. The third kappa shape index (κ3) is 2.80. The summed E-state index contributed by atoms with van der Waals surface area (Å²) < 4.78 is 38.5. The summed E-state index contributed by atoms with van der Waals surface area (Å²) in [5, 5.41) is 3.06. The number of amides is 1. The van der Waals surface area contributed by atoms with Crippen LogP contribution in [0.1, 0.15) is 25.7 Å². The number of nitrogens with zero attached hydrogens (tertiary/aromatic N) is 1. The molecule has 2 aliphatic heterocycles. The van der Waals surface area contributed by atoms with E-state index in [4.69, 9.17) is 9.47 Å². The fourth-order valence-electron chi connectivity index (χ4n) is 4.19. The topological polar surface area (TPSA) is 84.9 Å². The highest BCUT2D eigenvalue weighted by atomic mass is 32.2. The van der Waals surface area contributed by atoms with Crippen LogP contribution in [0.3, 0.4) is 0 Å². The summed E-state index contributed by atoms with van der Waals surface area (Å²) in [6.07, 6.45) is 3.22. The number of rotatable bonds is 4. The monoisotopic (exact) mass is 380 g/mol. The van der Waals surface area contributed by atoms with E-state index < -0.39 is 15.4 Å². The van der Waals surface area contributed by atoms with E-state index in [1.807, 2.05) is 0 Å². The van der Waals surface area contributed by atoms with Crippen molar-refractivity contribution in [2.24, 2.45) is 5.41 Å². The molecule has 0 radical (unpaired) electrons. The molecule has 1 aromatic carbocycles. The number of carbonyl (C=O) groups is 1. The molecule has 142 valence electrons. The number of fused-ring (bicyclic) bond motifs is 2. The molecule has 0 spiro atoms. The lowest BCUT2D eigenvalue weighted by molar-refractivity contribution is -0.141. The maximum Gasteiger partial charge on any atom is 0.247 e. The van der Waals surface area contributed by atoms with Gasteiger partial charge in [-0.2, -0.15) is 4.31 Å². The Morgan fingerprint density at radius 2 is 2.15 bits per heavy atom. The van der Waals surface area contributed by atoms with E-state index in [0.29, 0.717) is 25.4 Å². The lowest BCUT2D eigenvalue weighted by Crippen LogP contribution is -2.52. The van der Waals surface area contributed by atoms with E-state index >= 15 is 0 Å². The van der Waals surface area contributed by atoms with E-state index in [2.05, 4.69) is 5.32 Å². The number of hydrogen-bond donors (Lipinski definition) is 1. The first-order valence-corrected chi connectivity index (χ1v) is 10.4. The lowest BCUT2D eigenvalue weighted by Gasteiger charge is -2.40. The van der Waals surface area contributed by atoms with Crippen LogP contribution in [0.15, 0.2) is 29.2 Å². The second-order valence-electron chi connectivity index (χ2n) is 7.46. The van der Waals surface area contributed by atoms with Crippen molar-refractivity contribution in [2.45, 2.75) is 42.7 Å². The van der Waals surface area contributed by atoms with E-state index in [0.717, 1.165) is 19.3 Å². The number of para-hydroxylation sites is 1. The molecule has 26 heavy (non-hydrogen) atoms. The maximum absolute atomic E-state index is 13.0. The second kappa shape index (κ2) is 6.51. The first-order valence-electron chi connectivity index (χ1n) is 9.00. The fraction of sp³-hybridized carbons (Fsp3) is 0.611. The predicted molar refractivity (Wildman–Crippen MR) is 94.3 cm³/mol. The highest BCUT2D eigenvalue weighted by molar-refractivity contribution is 7.89. The van der Waals surface area contributed by atoms with Crippen molar-refractivity contribution in [3.8, 4) is 5.75 Å². The number of carbonyl (C=O) groups excluding carboxylic acids is 1. The number of ether oxygens (including phenoxy) is 2. The zero-order valence-corrected chi connectivity index (χ0v) is 15.6. The van der Waals surface area contributed by atoms with Gasteiger partial charge < -0.3 is 14.8 Å². The molecule has 4 rings (SSSR count). The Balaban J connectivity index is 1.51. The van der Waals surface area contributed by atoms with Crippen LogP contribution in [0.25, 0.3) is 0 Å². The molecule has 1 saturated carbocycles. The van der Waals surface area contributed by atoms with Gasteiger partial charge in [0.05, 0.1) is 18.1 Å². The molecular formula is C18H24N2O5S. The normalized spacial score (nSPS) is 28.8. The minimum atomic E-state index is -3.63. The first kappa shape index (κ1) is 17.8. The van der Waals surface area contributed by atoms with Gasteiger partial charge in [0.25, 0.3) is 0 Å². The third-order valence-corrected chi connectivity index (χ3v) is 7.74. The van der Waals surface area contributed by atoms with Gasteiger partial charge >= 0.3 is 0 Å². The number of methoxy groups -OCH3 is 1. The van der Waals surface area contributed by atoms with Crippen molar-refractivity contribution in [3.05, 3.63) is 24.3 Å². The van der Waals surface area contributed by atoms with Gasteiger partial charge in [-0.05, 0) is 31.4 Å². The van der Waals surface area contributed by atoms with Crippen LogP contribution in [0.2, 0.25) is 0 Å². The summed E-state index contributed by atoms with van der Waals surface area (Å²) in [5.74, 6) is 0.378. The Bertz CT molecular complexity index is 806. The number of sulfonamides is 1. The van der Waals surface area contributed by atoms with Crippen LogP contribution in [-0.4, -0.2) is 57.6 Å². The third-order valence-electron chi connectivity index (χ3n) is 5.78. The minimum absolute atomic E-state index is 0.0213. The summed E-state index contributed by atoms with van der Waals surface area (Å²) in [4.78, 5) is 12.9. The maximum atomic E-state index is 13.0. The molecule has 7 nitrogen and oxygen atoms in total. The quantitative estimate of drug-likeness (QED) is 0.847. The molecular weight excluding hydrogens is 356 g/mol. The van der Waals surface area contributed by atoms with Gasteiger partial charge in [-0.1, -0.05) is 18.6 Å². The van der Waals surface area contributed by atoms with E-state index in [-0.39, 0.29) is 29.4 Å². The van der Waals surface area contributed by atoms with Crippen LogP contribution in [-0.2, 0) is 19.6 Å². The SMILES string of the molecule is COCC1(C(=O)N[C@H]2C[C@H]3COc4ccccc4S(=O)(=O)N3C2)CCC1. The molecule has 0 aromatic heterocycles. The molecule has 3 aliphatic rings. The summed E-state index contributed by atoms with van der Waals surface area (Å²) >= 11 is 0. The molecule has 2 atom stereocenters. The first-order chi connectivity index (χ1) is 12.5. The second-order valence-corrected chi connectivity index (χ2v) is 9.32. The standard InChI is InChI=1S/C18H24N2O5S/c1-24-12-18(7-4-8-18)17(21)19-13-9-14-11-25-15-5-2-3-6-16(15)26(22,23)20(14)10-13/h2-3,5-6,13-14H,4,7-12H2,1H3,(H,19,21)/t13-,14-/m0/s1. The molecule has 2 fully saturated rings. The van der Waals surface area contributed by atoms with E-state index in [1.54, 1.807) is 31.4 Å². The Hall–Kier alpha value is -1.64. The van der Waals surface area contributed by atoms with Gasteiger partial charge in [0.2, 0.25) is 15.9 Å². The summed E-state index contributed by atoms with van der Waals surface area (Å²) in [7, 11) is -2.02. The van der Waals surface area contributed by atoms with Crippen molar-refractivity contribution in [1.29, 1.82) is 0 Å². The van der Waals surface area contributed by atoms with Gasteiger partial charge in [-0.3, -0.25) is 4.79 Å². The molecule has 1 aliphatic carbocycles. The van der Waals surface area contributed by atoms with Gasteiger partial charge in [0, 0.05) is 19.7 Å². The Labute approximate surface area is 153 Å². The van der Waals surface area contributed by atoms with Gasteiger partial charge in [0.1, 0.15) is 17.3 Å². The Morgan fingerprint density at radius 1 is 1.38 bits per heavy atom. The average molecular weight is 380 g/mol. The summed E-state index contributed by atoms with van der Waals surface area (Å²) in [5.41, 5.74) is -0.448. The van der Waals surface area contributed by atoms with Gasteiger partial charge in [0.15, 0.2) is 0 Å². The van der Waals surface area contributed by atoms with Crippen molar-refractivity contribution in [1.82, 2.24) is 9.62 Å². The average Bonchev–Trinajstić information content (AvgIpc) is 2.96. The van der Waals surface area contributed by atoms with Crippen LogP contribution in [0.5, 0.6) is 5.75 Å². The Kier molecular flexibility index (Phi) is 4.45. The van der Waals surface area contributed by atoms with Crippen molar-refractivity contribution < 1.29 is 22.7 Å². The smallest absolute Gasteiger partial charge is 0.247 e. The largest absolute Gasteiger partial charge is 0.490 e. The van der Waals surface area contributed by atoms with Gasteiger partial charge in [-0.15, -0.1) is 0 Å². The van der Waals surface area contributed by atoms with Crippen LogP contribution in [0.4, 0.5) is 0 Å². The van der Waals surface area contributed by atoms with Gasteiger partial charge in [-0.25, -0.2) is 8.42 Å². The molecule has 1 N–H and O–H groups in total. The van der Waals surface area contributed by atoms with Crippen molar-refractivity contribution in [2.75, 3.05) is 26.9 Å². The summed E-state index contributed by atoms with van der Waals surface area (Å²) in [6, 6.07) is 6.24. The fourth-order valence-corrected chi connectivity index (χ4v) is 5.99. The predicted octanol–water partition coefficient (Wildman–Crippen LogP) is 1.14. The number of benzene rings is 1. The highest BCUT2D eigenvalue weighted by Gasteiger charge is 2.48. The molecule has 0 unspecified atom stereocenters. The Morgan fingerprint density at radius 3 is 2.85 bits per heavy atom. The molecule has 1 aromatic rings. The molecule has 0 bridgehead atoms. The zero-order chi connectivity index (χ0) is 18.4. The molecule has 1 amide bonds. The van der Waals surface area contributed by atoms with Crippen molar-refractivity contribution in [3.63, 3.8) is 0 Å². The molecule has 1 saturated heterocycles. The van der Waals surface area contributed by atoms with E-state index in [1.165, 1.54) is 4.31 Å². The number of nitrogens with one attached hydrogen (secondary N) is 1. The molecule has 8 heteroatoms. The number of hydrogen-bond acceptors (Lipinski definition) is 5. The van der Waals surface area contributed by atoms with E-state index in [9.17, 15) is 13.2 Å².